The highest BCUT2D eigenvalue weighted by atomic mass is 79.9. The molecule has 2 aromatic rings. The number of methoxy groups -OCH3 is 1. The van der Waals surface area contributed by atoms with E-state index in [0.29, 0.717) is 22.4 Å². The standard InChI is InChI=1S/C14H12BrF3N4O2/c1-24-11(7-2-3-10(15)20-5-7)13(23)22-9-4-8(14(16,17)18)6-21-12(9)19/h2-6,11H,1H3,(H2,19,21)(H,22,23). The Balaban J connectivity index is 2.26. The molecule has 0 aliphatic carbocycles. The first-order chi connectivity index (χ1) is 11.2. The minimum Gasteiger partial charge on any atom is -0.382 e. The molecule has 6 nitrogen and oxygen atoms in total. The normalized spacial score (nSPS) is 12.7. The number of amides is 1. The molecule has 1 unspecified atom stereocenters. The number of aromatic nitrogens is 2. The third-order valence-electron chi connectivity index (χ3n) is 3.03. The third-order valence-corrected chi connectivity index (χ3v) is 3.50. The smallest absolute Gasteiger partial charge is 0.382 e. The zero-order valence-corrected chi connectivity index (χ0v) is 13.9. The molecule has 24 heavy (non-hydrogen) atoms. The van der Waals surface area contributed by atoms with E-state index in [1.54, 1.807) is 12.1 Å². The van der Waals surface area contributed by atoms with Gasteiger partial charge < -0.3 is 15.8 Å². The molecule has 3 N–H and O–H groups in total. The van der Waals surface area contributed by atoms with Gasteiger partial charge in [0.2, 0.25) is 0 Å². The van der Waals surface area contributed by atoms with Crippen LogP contribution in [0.15, 0.2) is 35.2 Å². The molecule has 0 bridgehead atoms. The number of nitrogens with one attached hydrogen (secondary N) is 1. The Hall–Kier alpha value is -2.20. The van der Waals surface area contributed by atoms with Crippen LogP contribution < -0.4 is 11.1 Å². The van der Waals surface area contributed by atoms with Crippen LogP contribution >= 0.6 is 15.9 Å². The zero-order chi connectivity index (χ0) is 17.9. The predicted octanol–water partition coefficient (Wildman–Crippen LogP) is 3.17. The summed E-state index contributed by atoms with van der Waals surface area (Å²) in [6.07, 6.45) is -3.67. The highest BCUT2D eigenvalue weighted by molar-refractivity contribution is 9.10. The van der Waals surface area contributed by atoms with Crippen molar-refractivity contribution in [2.24, 2.45) is 0 Å². The number of alkyl halides is 3. The van der Waals surface area contributed by atoms with Gasteiger partial charge in [0, 0.05) is 25.1 Å². The lowest BCUT2D eigenvalue weighted by Gasteiger charge is -2.17. The molecule has 1 atom stereocenters. The Bertz CT molecular complexity index is 738. The number of anilines is 2. The summed E-state index contributed by atoms with van der Waals surface area (Å²) in [5, 5.41) is 2.30. The summed E-state index contributed by atoms with van der Waals surface area (Å²) in [5.74, 6) is -0.936. The quantitative estimate of drug-likeness (QED) is 0.763. The number of carbonyl (C=O) groups is 1. The van der Waals surface area contributed by atoms with E-state index < -0.39 is 23.8 Å². The van der Waals surface area contributed by atoms with Crippen molar-refractivity contribution in [3.05, 3.63) is 46.3 Å². The molecular weight excluding hydrogens is 393 g/mol. The van der Waals surface area contributed by atoms with E-state index in [1.165, 1.54) is 13.3 Å². The van der Waals surface area contributed by atoms with Crippen molar-refractivity contribution in [1.29, 1.82) is 0 Å². The molecule has 0 aromatic carbocycles. The molecular formula is C14H12BrF3N4O2. The Morgan fingerprint density at radius 1 is 1.33 bits per heavy atom. The van der Waals surface area contributed by atoms with Crippen molar-refractivity contribution in [3.63, 3.8) is 0 Å². The van der Waals surface area contributed by atoms with Crippen LogP contribution in [0.1, 0.15) is 17.2 Å². The van der Waals surface area contributed by atoms with Crippen LogP contribution in [0.5, 0.6) is 0 Å². The van der Waals surface area contributed by atoms with Crippen molar-refractivity contribution in [2.45, 2.75) is 12.3 Å². The molecule has 0 saturated heterocycles. The van der Waals surface area contributed by atoms with Crippen molar-refractivity contribution in [3.8, 4) is 0 Å². The zero-order valence-electron chi connectivity index (χ0n) is 12.3. The number of nitrogens with two attached hydrogens (primary N) is 1. The molecule has 0 fully saturated rings. The average molecular weight is 405 g/mol. The van der Waals surface area contributed by atoms with Crippen molar-refractivity contribution in [2.75, 3.05) is 18.2 Å². The first-order valence-corrected chi connectivity index (χ1v) is 7.29. The van der Waals surface area contributed by atoms with Gasteiger partial charge in [-0.05, 0) is 28.1 Å². The maximum Gasteiger partial charge on any atom is 0.417 e. The Kier molecular flexibility index (Phi) is 5.40. The summed E-state index contributed by atoms with van der Waals surface area (Å²) in [5.41, 5.74) is 4.69. The maximum atomic E-state index is 12.7. The first-order valence-electron chi connectivity index (χ1n) is 6.50. The predicted molar refractivity (Wildman–Crippen MR) is 84.0 cm³/mol. The maximum absolute atomic E-state index is 12.7. The van der Waals surface area contributed by atoms with Gasteiger partial charge in [0.25, 0.3) is 5.91 Å². The molecule has 1 amide bonds. The summed E-state index contributed by atoms with van der Waals surface area (Å²) in [6.45, 7) is 0. The number of rotatable bonds is 4. The second kappa shape index (κ2) is 7.14. The molecule has 2 heterocycles. The number of hydrogen-bond donors (Lipinski definition) is 2. The lowest BCUT2D eigenvalue weighted by Crippen LogP contribution is -2.24. The molecule has 2 rings (SSSR count). The van der Waals surface area contributed by atoms with Gasteiger partial charge >= 0.3 is 6.18 Å². The number of ether oxygens (including phenoxy) is 1. The molecule has 10 heteroatoms. The van der Waals surface area contributed by atoms with E-state index in [2.05, 4.69) is 31.2 Å². The van der Waals surface area contributed by atoms with Crippen LogP contribution in [0.2, 0.25) is 0 Å². The number of carbonyl (C=O) groups excluding carboxylic acids is 1. The first kappa shape index (κ1) is 18.1. The van der Waals surface area contributed by atoms with Gasteiger partial charge in [0.05, 0.1) is 11.3 Å². The van der Waals surface area contributed by atoms with Crippen LogP contribution in [-0.2, 0) is 15.7 Å². The van der Waals surface area contributed by atoms with Gasteiger partial charge in [-0.3, -0.25) is 4.79 Å². The van der Waals surface area contributed by atoms with Gasteiger partial charge in [-0.15, -0.1) is 0 Å². The van der Waals surface area contributed by atoms with E-state index in [0.717, 1.165) is 0 Å². The van der Waals surface area contributed by atoms with E-state index in [1.807, 2.05) is 0 Å². The molecule has 0 radical (unpaired) electrons. The van der Waals surface area contributed by atoms with Gasteiger partial charge in [0.1, 0.15) is 10.4 Å². The number of halogens is 4. The van der Waals surface area contributed by atoms with E-state index in [9.17, 15) is 18.0 Å². The molecule has 128 valence electrons. The summed E-state index contributed by atoms with van der Waals surface area (Å²) in [7, 11) is 1.29. The minimum absolute atomic E-state index is 0.236. The van der Waals surface area contributed by atoms with E-state index in [-0.39, 0.29) is 11.5 Å². The lowest BCUT2D eigenvalue weighted by molar-refractivity contribution is -0.137. The van der Waals surface area contributed by atoms with Crippen LogP contribution in [0, 0.1) is 0 Å². The number of pyridine rings is 2. The summed E-state index contributed by atoms with van der Waals surface area (Å²) in [6, 6.07) is 3.92. The van der Waals surface area contributed by atoms with Crippen molar-refractivity contribution < 1.29 is 22.7 Å². The van der Waals surface area contributed by atoms with Gasteiger partial charge in [-0.25, -0.2) is 9.97 Å². The van der Waals surface area contributed by atoms with Crippen LogP contribution in [0.3, 0.4) is 0 Å². The van der Waals surface area contributed by atoms with E-state index in [4.69, 9.17) is 10.5 Å². The summed E-state index contributed by atoms with van der Waals surface area (Å²) >= 11 is 3.16. The van der Waals surface area contributed by atoms with Gasteiger partial charge in [-0.1, -0.05) is 6.07 Å². The van der Waals surface area contributed by atoms with E-state index >= 15 is 0 Å². The lowest BCUT2D eigenvalue weighted by atomic mass is 10.1. The number of nitrogen functional groups attached to an aromatic ring is 1. The van der Waals surface area contributed by atoms with Crippen molar-refractivity contribution in [1.82, 2.24) is 9.97 Å². The van der Waals surface area contributed by atoms with Crippen LogP contribution in [0.25, 0.3) is 0 Å². The Morgan fingerprint density at radius 3 is 2.58 bits per heavy atom. The molecule has 0 aliphatic rings. The van der Waals surface area contributed by atoms with Gasteiger partial charge in [0.15, 0.2) is 6.10 Å². The highest BCUT2D eigenvalue weighted by Gasteiger charge is 2.32. The second-order valence-corrected chi connectivity index (χ2v) is 5.49. The number of hydrogen-bond acceptors (Lipinski definition) is 5. The summed E-state index contributed by atoms with van der Waals surface area (Å²) in [4.78, 5) is 19.7. The SMILES string of the molecule is COC(C(=O)Nc1cc(C(F)(F)F)cnc1N)c1ccc(Br)nc1. The summed E-state index contributed by atoms with van der Waals surface area (Å²) < 4.78 is 43.9. The fourth-order valence-electron chi connectivity index (χ4n) is 1.87. The van der Waals surface area contributed by atoms with Crippen molar-refractivity contribution >= 4 is 33.3 Å². The van der Waals surface area contributed by atoms with Gasteiger partial charge in [-0.2, -0.15) is 13.2 Å². The average Bonchev–Trinajstić information content (AvgIpc) is 2.51. The minimum atomic E-state index is -4.60. The Labute approximate surface area is 143 Å². The highest BCUT2D eigenvalue weighted by Crippen LogP contribution is 2.32. The monoisotopic (exact) mass is 404 g/mol. The largest absolute Gasteiger partial charge is 0.417 e. The fourth-order valence-corrected chi connectivity index (χ4v) is 2.10. The molecule has 0 saturated carbocycles. The molecule has 0 spiro atoms. The van der Waals surface area contributed by atoms with Crippen LogP contribution in [-0.4, -0.2) is 23.0 Å². The number of nitrogens with zero attached hydrogens (tertiary/aromatic N) is 2. The third kappa shape index (κ3) is 4.20. The Morgan fingerprint density at radius 2 is 2.04 bits per heavy atom. The topological polar surface area (TPSA) is 90.1 Å². The fraction of sp³-hybridized carbons (Fsp3) is 0.214. The molecule has 0 aliphatic heterocycles. The van der Waals surface area contributed by atoms with Crippen LogP contribution in [0.4, 0.5) is 24.7 Å². The second-order valence-electron chi connectivity index (χ2n) is 4.67. The molecule has 2 aromatic heterocycles.